The van der Waals surface area contributed by atoms with Crippen LogP contribution in [0, 0.1) is 12.8 Å². The van der Waals surface area contributed by atoms with Crippen molar-refractivity contribution in [3.05, 3.63) is 32.6 Å². The normalized spacial score (nSPS) is 32.0. The van der Waals surface area contributed by atoms with E-state index in [0.29, 0.717) is 12.1 Å². The number of nitrogens with zero attached hydrogens (tertiary/aromatic N) is 2. The number of nitrogens with one attached hydrogen (secondary N) is 2. The number of fused-ring (bicyclic) bond motifs is 2. The number of carbonyl (C=O) groups excluding carboxylic acids is 1. The van der Waals surface area contributed by atoms with Crippen LogP contribution in [0.15, 0.2) is 15.8 Å². The van der Waals surface area contributed by atoms with Gasteiger partial charge in [0.2, 0.25) is 5.91 Å². The topological polar surface area (TPSA) is 96.4 Å². The molecule has 5 atom stereocenters. The molecule has 144 valence electrons. The Morgan fingerprint density at radius 1 is 1.54 bits per heavy atom. The Hall–Kier alpha value is -1.58. The van der Waals surface area contributed by atoms with Gasteiger partial charge in [-0.25, -0.2) is 4.79 Å². The smallest absolute Gasteiger partial charge is 0.330 e. The number of hydrogen-bond acceptors (Lipinski definition) is 6. The summed E-state index contributed by atoms with van der Waals surface area (Å²) in [6, 6.07) is -0.0812. The number of hydrogen-bond donors (Lipinski definition) is 2. The highest BCUT2D eigenvalue weighted by Crippen LogP contribution is 2.52. The zero-order valence-electron chi connectivity index (χ0n) is 15.7. The molecule has 2 fully saturated rings. The number of carbonyl (C=O) groups is 1. The number of aromatic nitrogens is 2. The van der Waals surface area contributed by atoms with Crippen molar-refractivity contribution in [2.24, 2.45) is 5.92 Å². The van der Waals surface area contributed by atoms with E-state index in [0.717, 1.165) is 6.42 Å². The van der Waals surface area contributed by atoms with Crippen molar-refractivity contribution in [2.75, 3.05) is 12.8 Å². The van der Waals surface area contributed by atoms with Crippen LogP contribution in [0.1, 0.15) is 39.0 Å². The van der Waals surface area contributed by atoms with Crippen LogP contribution >= 0.6 is 11.8 Å². The van der Waals surface area contributed by atoms with E-state index in [2.05, 4.69) is 29.0 Å². The fraction of sp³-hybridized carbons (Fsp3) is 0.706. The van der Waals surface area contributed by atoms with E-state index < -0.39 is 11.9 Å². The second-order valence-corrected chi connectivity index (χ2v) is 8.06. The lowest BCUT2D eigenvalue weighted by atomic mass is 9.88. The maximum Gasteiger partial charge on any atom is 0.330 e. The third kappa shape index (κ3) is 2.91. The van der Waals surface area contributed by atoms with Crippen molar-refractivity contribution >= 4 is 17.7 Å². The van der Waals surface area contributed by atoms with E-state index in [1.54, 1.807) is 24.9 Å². The molecule has 3 heterocycles. The largest absolute Gasteiger partial charge is 0.348 e. The molecule has 2 saturated heterocycles. The van der Waals surface area contributed by atoms with E-state index in [1.807, 2.05) is 6.26 Å². The molecular formula is C17H26N4O4S. The van der Waals surface area contributed by atoms with E-state index in [1.165, 1.54) is 11.5 Å². The summed E-state index contributed by atoms with van der Waals surface area (Å²) in [5.74, 6) is 0.0832. The number of ether oxygens (including phenoxy) is 1. The van der Waals surface area contributed by atoms with E-state index in [-0.39, 0.29) is 34.5 Å². The van der Waals surface area contributed by atoms with Crippen LogP contribution in [0.4, 0.5) is 0 Å². The predicted molar refractivity (Wildman–Crippen MR) is 100.0 cm³/mol. The molecule has 8 nitrogen and oxygen atoms in total. The van der Waals surface area contributed by atoms with Crippen LogP contribution in [0.5, 0.6) is 0 Å². The van der Waals surface area contributed by atoms with Gasteiger partial charge in [0.15, 0.2) is 6.23 Å². The molecule has 1 aromatic rings. The molecule has 0 spiro atoms. The fourth-order valence-electron chi connectivity index (χ4n) is 4.23. The molecule has 0 aromatic carbocycles. The summed E-state index contributed by atoms with van der Waals surface area (Å²) in [7, 11) is 0. The van der Waals surface area contributed by atoms with Crippen LogP contribution in [0.2, 0.25) is 0 Å². The first-order valence-electron chi connectivity index (χ1n) is 8.79. The lowest BCUT2D eigenvalue weighted by Crippen LogP contribution is -2.55. The summed E-state index contributed by atoms with van der Waals surface area (Å²) in [5, 5.41) is 2.97. The Kier molecular flexibility index (Phi) is 5.06. The molecule has 0 aliphatic carbocycles. The summed E-state index contributed by atoms with van der Waals surface area (Å²) >= 11 is 1.55. The average Bonchev–Trinajstić information content (AvgIpc) is 3.03. The van der Waals surface area contributed by atoms with Crippen LogP contribution in [0.3, 0.4) is 0 Å². The summed E-state index contributed by atoms with van der Waals surface area (Å²) in [5.41, 5.74) is -0.976. The molecule has 2 aliphatic rings. The summed E-state index contributed by atoms with van der Waals surface area (Å²) in [6.45, 7) is 8.06. The average molecular weight is 382 g/mol. The molecule has 26 heavy (non-hydrogen) atoms. The quantitative estimate of drug-likeness (QED) is 0.725. The van der Waals surface area contributed by atoms with Crippen molar-refractivity contribution in [1.82, 2.24) is 19.8 Å². The van der Waals surface area contributed by atoms with Crippen LogP contribution in [-0.2, 0) is 9.53 Å². The SMILES string of the molecule is CC[C@@]12CN(C(NC(C)=O)SC)[C@@H]([C@H](n3cc(C)c(=O)[nH]c3=O)O1)[C@@H]2C. The summed E-state index contributed by atoms with van der Waals surface area (Å²) in [4.78, 5) is 40.3. The minimum Gasteiger partial charge on any atom is -0.348 e. The Morgan fingerprint density at radius 3 is 2.77 bits per heavy atom. The van der Waals surface area contributed by atoms with Gasteiger partial charge in [-0.3, -0.25) is 24.0 Å². The van der Waals surface area contributed by atoms with Gasteiger partial charge in [-0.2, -0.15) is 0 Å². The Balaban J connectivity index is 2.04. The second-order valence-electron chi connectivity index (χ2n) is 7.15. The highest BCUT2D eigenvalue weighted by molar-refractivity contribution is 7.99. The number of amides is 1. The number of rotatable bonds is 5. The van der Waals surface area contributed by atoms with Gasteiger partial charge in [-0.15, -0.1) is 11.8 Å². The third-order valence-electron chi connectivity index (χ3n) is 5.69. The van der Waals surface area contributed by atoms with Crippen molar-refractivity contribution in [1.29, 1.82) is 0 Å². The molecule has 2 bridgehead atoms. The number of H-pyrrole nitrogens is 1. The minimum atomic E-state index is -0.509. The van der Waals surface area contributed by atoms with Crippen molar-refractivity contribution in [3.63, 3.8) is 0 Å². The monoisotopic (exact) mass is 382 g/mol. The van der Waals surface area contributed by atoms with Gasteiger partial charge in [0, 0.05) is 31.1 Å². The molecule has 2 aliphatic heterocycles. The lowest BCUT2D eigenvalue weighted by Gasteiger charge is -2.41. The molecule has 1 unspecified atom stereocenters. The number of aromatic amines is 1. The minimum absolute atomic E-state index is 0.0812. The van der Waals surface area contributed by atoms with Gasteiger partial charge >= 0.3 is 5.69 Å². The third-order valence-corrected chi connectivity index (χ3v) is 6.53. The molecule has 0 radical (unpaired) electrons. The second kappa shape index (κ2) is 6.86. The molecule has 3 rings (SSSR count). The van der Waals surface area contributed by atoms with Gasteiger partial charge in [-0.05, 0) is 19.6 Å². The first-order chi connectivity index (χ1) is 12.2. The van der Waals surface area contributed by atoms with Crippen molar-refractivity contribution in [3.8, 4) is 0 Å². The predicted octanol–water partition coefficient (Wildman–Crippen LogP) is 0.626. The highest BCUT2D eigenvalue weighted by atomic mass is 32.2. The fourth-order valence-corrected chi connectivity index (χ4v) is 5.00. The molecule has 0 saturated carbocycles. The zero-order valence-corrected chi connectivity index (χ0v) is 16.6. The first kappa shape index (κ1) is 19.2. The molecule has 9 heteroatoms. The Bertz CT molecular complexity index is 822. The van der Waals surface area contributed by atoms with E-state index in [4.69, 9.17) is 4.74 Å². The van der Waals surface area contributed by atoms with Gasteiger partial charge in [-0.1, -0.05) is 13.8 Å². The maximum absolute atomic E-state index is 12.4. The Morgan fingerprint density at radius 2 is 2.23 bits per heavy atom. The molecule has 1 aromatic heterocycles. The summed E-state index contributed by atoms with van der Waals surface area (Å²) in [6.07, 6.45) is 3.80. The number of aryl methyl sites for hydroxylation is 1. The van der Waals surface area contributed by atoms with Gasteiger partial charge in [0.1, 0.15) is 5.50 Å². The van der Waals surface area contributed by atoms with Gasteiger partial charge in [0.25, 0.3) is 5.56 Å². The lowest BCUT2D eigenvalue weighted by molar-refractivity contribution is -0.140. The molecule has 2 N–H and O–H groups in total. The highest BCUT2D eigenvalue weighted by Gasteiger charge is 2.62. The Labute approximate surface area is 156 Å². The number of thioether (sulfide) groups is 1. The molecular weight excluding hydrogens is 356 g/mol. The zero-order chi connectivity index (χ0) is 19.2. The van der Waals surface area contributed by atoms with Gasteiger partial charge < -0.3 is 10.1 Å². The standard InChI is InChI=1S/C17H26N4O4S/c1-6-17-8-21(16(26-5)18-11(4)22)12(10(17)3)14(25-17)20-7-9(2)13(23)19-15(20)24/h7,10,12,14,16H,6,8H2,1-5H3,(H,18,22)(H,19,23,24)/t10-,12+,14+,16?,17-/m0/s1. The molecule has 1 amide bonds. The van der Waals surface area contributed by atoms with Crippen LogP contribution in [0.25, 0.3) is 0 Å². The van der Waals surface area contributed by atoms with Crippen molar-refractivity contribution < 1.29 is 9.53 Å². The van der Waals surface area contributed by atoms with Gasteiger partial charge in [0.05, 0.1) is 11.6 Å². The van der Waals surface area contributed by atoms with Crippen LogP contribution in [-0.4, -0.2) is 50.3 Å². The summed E-state index contributed by atoms with van der Waals surface area (Å²) < 4.78 is 7.86. The van der Waals surface area contributed by atoms with Crippen molar-refractivity contribution in [2.45, 2.75) is 57.5 Å². The number of likely N-dealkylation sites (tertiary alicyclic amines) is 1. The van der Waals surface area contributed by atoms with E-state index >= 15 is 0 Å². The number of morpholine rings is 1. The first-order valence-corrected chi connectivity index (χ1v) is 10.1. The van der Waals surface area contributed by atoms with Crippen LogP contribution < -0.4 is 16.6 Å². The van der Waals surface area contributed by atoms with E-state index in [9.17, 15) is 14.4 Å². The maximum atomic E-state index is 12.4.